The van der Waals surface area contributed by atoms with Crippen LogP contribution < -0.4 is 5.32 Å². The number of aromatic nitrogens is 4. The third-order valence-electron chi connectivity index (χ3n) is 6.19. The van der Waals surface area contributed by atoms with Crippen molar-refractivity contribution < 1.29 is 9.47 Å². The van der Waals surface area contributed by atoms with Crippen molar-refractivity contribution in [2.24, 2.45) is 5.41 Å². The number of fused-ring (bicyclic) bond motifs is 1. The minimum Gasteiger partial charge on any atom is -0.381 e. The summed E-state index contributed by atoms with van der Waals surface area (Å²) in [7, 11) is 0. The van der Waals surface area contributed by atoms with E-state index in [9.17, 15) is 0 Å². The zero-order valence-corrected chi connectivity index (χ0v) is 14.6. The molecule has 2 aromatic heterocycles. The van der Waals surface area contributed by atoms with E-state index in [1.807, 2.05) is 6.33 Å². The van der Waals surface area contributed by atoms with E-state index in [-0.39, 0.29) is 5.41 Å². The van der Waals surface area contributed by atoms with Gasteiger partial charge in [0.25, 0.3) is 0 Å². The zero-order chi connectivity index (χ0) is 16.9. The lowest BCUT2D eigenvalue weighted by Gasteiger charge is -2.57. The van der Waals surface area contributed by atoms with E-state index < -0.39 is 0 Å². The van der Waals surface area contributed by atoms with Gasteiger partial charge in [-0.3, -0.25) is 0 Å². The predicted molar refractivity (Wildman–Crippen MR) is 93.5 cm³/mol. The SMILES string of the molecule is CCO[C@@H]1C[C@@H](Nc2ncnc3c2ncn3C2CC2)C12CCOCC2. The molecular weight excluding hydrogens is 318 g/mol. The highest BCUT2D eigenvalue weighted by molar-refractivity contribution is 5.83. The van der Waals surface area contributed by atoms with Crippen molar-refractivity contribution in [2.45, 2.75) is 57.2 Å². The Morgan fingerprint density at radius 3 is 2.88 bits per heavy atom. The van der Waals surface area contributed by atoms with E-state index in [2.05, 4.69) is 31.8 Å². The largest absolute Gasteiger partial charge is 0.381 e. The van der Waals surface area contributed by atoms with Gasteiger partial charge in [-0.05, 0) is 39.0 Å². The van der Waals surface area contributed by atoms with E-state index in [0.29, 0.717) is 18.2 Å². The zero-order valence-electron chi connectivity index (χ0n) is 14.6. The number of imidazole rings is 1. The third-order valence-corrected chi connectivity index (χ3v) is 6.19. The molecule has 2 saturated carbocycles. The number of hydrogen-bond acceptors (Lipinski definition) is 6. The molecule has 2 aromatic rings. The summed E-state index contributed by atoms with van der Waals surface area (Å²) in [5.74, 6) is 0.857. The molecular formula is C18H25N5O2. The first kappa shape index (κ1) is 15.5. The van der Waals surface area contributed by atoms with Gasteiger partial charge in [-0.15, -0.1) is 0 Å². The van der Waals surface area contributed by atoms with Crippen LogP contribution >= 0.6 is 0 Å². The average molecular weight is 343 g/mol. The molecule has 3 fully saturated rings. The molecule has 1 saturated heterocycles. The average Bonchev–Trinajstić information content (AvgIpc) is 3.40. The fraction of sp³-hybridized carbons (Fsp3) is 0.722. The molecule has 0 radical (unpaired) electrons. The van der Waals surface area contributed by atoms with Crippen molar-refractivity contribution in [2.75, 3.05) is 25.1 Å². The monoisotopic (exact) mass is 343 g/mol. The van der Waals surface area contributed by atoms with E-state index >= 15 is 0 Å². The van der Waals surface area contributed by atoms with Crippen molar-refractivity contribution in [3.05, 3.63) is 12.7 Å². The molecule has 0 amide bonds. The van der Waals surface area contributed by atoms with Gasteiger partial charge < -0.3 is 19.4 Å². The molecule has 1 spiro atoms. The Morgan fingerprint density at radius 2 is 2.12 bits per heavy atom. The topological polar surface area (TPSA) is 74.1 Å². The number of nitrogens with zero attached hydrogens (tertiary/aromatic N) is 4. The molecule has 0 bridgehead atoms. The second-order valence-corrected chi connectivity index (χ2v) is 7.50. The van der Waals surface area contributed by atoms with Gasteiger partial charge in [-0.2, -0.15) is 0 Å². The first-order chi connectivity index (χ1) is 12.3. The summed E-state index contributed by atoms with van der Waals surface area (Å²) in [6, 6.07) is 0.928. The molecule has 5 rings (SSSR count). The van der Waals surface area contributed by atoms with Crippen LogP contribution in [-0.4, -0.2) is 51.5 Å². The standard InChI is InChI=1S/C18H25N5O2/c1-2-25-14-9-13(18(14)5-7-24-8-6-18)22-16-15-17(20-10-19-16)23(11-21-15)12-3-4-12/h10-14H,2-9H2,1H3,(H,19,20,22)/t13-,14-/m1/s1. The lowest BCUT2D eigenvalue weighted by molar-refractivity contribution is -0.159. The summed E-state index contributed by atoms with van der Waals surface area (Å²) < 4.78 is 13.8. The fourth-order valence-electron chi connectivity index (χ4n) is 4.55. The van der Waals surface area contributed by atoms with Gasteiger partial charge in [0.1, 0.15) is 11.8 Å². The van der Waals surface area contributed by atoms with Gasteiger partial charge in [0.15, 0.2) is 11.5 Å². The Hall–Kier alpha value is -1.73. The van der Waals surface area contributed by atoms with Crippen LogP contribution in [0.3, 0.4) is 0 Å². The van der Waals surface area contributed by atoms with Gasteiger partial charge in [0.05, 0.1) is 12.4 Å². The van der Waals surface area contributed by atoms with E-state index in [1.165, 1.54) is 12.8 Å². The summed E-state index contributed by atoms with van der Waals surface area (Å²) in [5.41, 5.74) is 1.99. The summed E-state index contributed by atoms with van der Waals surface area (Å²) in [6.45, 7) is 4.48. The van der Waals surface area contributed by atoms with Gasteiger partial charge in [0.2, 0.25) is 0 Å². The normalized spacial score (nSPS) is 28.2. The molecule has 25 heavy (non-hydrogen) atoms. The maximum Gasteiger partial charge on any atom is 0.165 e. The maximum absolute atomic E-state index is 6.02. The molecule has 0 unspecified atom stereocenters. The molecule has 3 heterocycles. The van der Waals surface area contributed by atoms with Crippen LogP contribution in [0.2, 0.25) is 0 Å². The Bertz CT molecular complexity index is 766. The van der Waals surface area contributed by atoms with Crippen LogP contribution in [-0.2, 0) is 9.47 Å². The highest BCUT2D eigenvalue weighted by atomic mass is 16.5. The van der Waals surface area contributed by atoms with Crippen LogP contribution in [0.5, 0.6) is 0 Å². The van der Waals surface area contributed by atoms with Gasteiger partial charge >= 0.3 is 0 Å². The molecule has 1 aliphatic heterocycles. The molecule has 2 atom stereocenters. The Morgan fingerprint density at radius 1 is 1.28 bits per heavy atom. The molecule has 2 aliphatic carbocycles. The molecule has 3 aliphatic rings. The van der Waals surface area contributed by atoms with Crippen molar-refractivity contribution in [3.8, 4) is 0 Å². The number of anilines is 1. The smallest absolute Gasteiger partial charge is 0.165 e. The van der Waals surface area contributed by atoms with Crippen LogP contribution in [0, 0.1) is 5.41 Å². The minimum atomic E-state index is 0.157. The number of rotatable bonds is 5. The Labute approximate surface area is 147 Å². The highest BCUT2D eigenvalue weighted by Gasteiger charge is 2.56. The van der Waals surface area contributed by atoms with E-state index in [1.54, 1.807) is 6.33 Å². The van der Waals surface area contributed by atoms with E-state index in [4.69, 9.17) is 9.47 Å². The molecule has 134 valence electrons. The minimum absolute atomic E-state index is 0.157. The van der Waals surface area contributed by atoms with Crippen molar-refractivity contribution >= 4 is 17.0 Å². The van der Waals surface area contributed by atoms with Crippen molar-refractivity contribution in [3.63, 3.8) is 0 Å². The van der Waals surface area contributed by atoms with Gasteiger partial charge in [-0.25, -0.2) is 15.0 Å². The quantitative estimate of drug-likeness (QED) is 0.899. The van der Waals surface area contributed by atoms with Crippen molar-refractivity contribution in [1.29, 1.82) is 0 Å². The second-order valence-electron chi connectivity index (χ2n) is 7.50. The van der Waals surface area contributed by atoms with E-state index in [0.717, 1.165) is 56.1 Å². The molecule has 7 nitrogen and oxygen atoms in total. The van der Waals surface area contributed by atoms with Crippen LogP contribution in [0.4, 0.5) is 5.82 Å². The van der Waals surface area contributed by atoms with Crippen LogP contribution in [0.15, 0.2) is 12.7 Å². The fourth-order valence-corrected chi connectivity index (χ4v) is 4.55. The van der Waals surface area contributed by atoms with Gasteiger partial charge in [-0.1, -0.05) is 0 Å². The Kier molecular flexibility index (Phi) is 3.67. The molecule has 1 N–H and O–H groups in total. The number of nitrogens with one attached hydrogen (secondary N) is 1. The first-order valence-electron chi connectivity index (χ1n) is 9.45. The molecule has 0 aromatic carbocycles. The Balaban J connectivity index is 1.42. The summed E-state index contributed by atoms with van der Waals surface area (Å²) in [5, 5.41) is 3.68. The van der Waals surface area contributed by atoms with Crippen LogP contribution in [0.1, 0.15) is 45.1 Å². The number of ether oxygens (including phenoxy) is 2. The van der Waals surface area contributed by atoms with Crippen LogP contribution in [0.25, 0.3) is 11.2 Å². The lowest BCUT2D eigenvalue weighted by Crippen LogP contribution is -2.63. The third kappa shape index (κ3) is 2.44. The summed E-state index contributed by atoms with van der Waals surface area (Å²) in [4.78, 5) is 13.6. The summed E-state index contributed by atoms with van der Waals surface area (Å²) in [6.07, 6.45) is 9.43. The predicted octanol–water partition coefficient (Wildman–Crippen LogP) is 2.55. The second kappa shape index (κ2) is 5.92. The van der Waals surface area contributed by atoms with Gasteiger partial charge in [0, 0.05) is 37.3 Å². The lowest BCUT2D eigenvalue weighted by atomic mass is 9.57. The molecule has 7 heteroatoms. The first-order valence-corrected chi connectivity index (χ1v) is 9.45. The van der Waals surface area contributed by atoms with Crippen molar-refractivity contribution in [1.82, 2.24) is 19.5 Å². The summed E-state index contributed by atoms with van der Waals surface area (Å²) >= 11 is 0. The maximum atomic E-state index is 6.02. The highest BCUT2D eigenvalue weighted by Crippen LogP contribution is 2.52. The number of hydrogen-bond donors (Lipinski definition) is 1.